The maximum Gasteiger partial charge on any atom is 0.275 e. The summed E-state index contributed by atoms with van der Waals surface area (Å²) in [6.07, 6.45) is 1.74. The Balaban J connectivity index is 1.54. The number of nitrogens with zero attached hydrogens (tertiary/aromatic N) is 3. The number of aromatic nitrogens is 3. The Kier molecular flexibility index (Phi) is 4.29. The molecule has 0 aliphatic carbocycles. The SMILES string of the molecule is O=C(Nc1ccc2cccnc2n1)c1ccc(Br)c(OC2CNC2)n1. The number of fused-ring (bicyclic) bond motifs is 1. The van der Waals surface area contributed by atoms with Crippen molar-refractivity contribution in [2.75, 3.05) is 18.4 Å². The highest BCUT2D eigenvalue weighted by Crippen LogP contribution is 2.24. The number of rotatable bonds is 4. The van der Waals surface area contributed by atoms with Gasteiger partial charge >= 0.3 is 0 Å². The van der Waals surface area contributed by atoms with Crippen molar-refractivity contribution in [1.82, 2.24) is 20.3 Å². The highest BCUT2D eigenvalue weighted by atomic mass is 79.9. The molecule has 1 amide bonds. The zero-order valence-electron chi connectivity index (χ0n) is 13.1. The van der Waals surface area contributed by atoms with Crippen LogP contribution in [0.5, 0.6) is 5.88 Å². The van der Waals surface area contributed by atoms with Crippen LogP contribution in [0.3, 0.4) is 0 Å². The molecule has 0 saturated carbocycles. The molecule has 0 bridgehead atoms. The summed E-state index contributed by atoms with van der Waals surface area (Å²) in [5.41, 5.74) is 0.832. The number of anilines is 1. The van der Waals surface area contributed by atoms with Crippen molar-refractivity contribution in [3.05, 3.63) is 52.8 Å². The van der Waals surface area contributed by atoms with Gasteiger partial charge in [-0.3, -0.25) is 4.79 Å². The van der Waals surface area contributed by atoms with E-state index >= 15 is 0 Å². The number of carbonyl (C=O) groups is 1. The number of nitrogens with one attached hydrogen (secondary N) is 2. The summed E-state index contributed by atoms with van der Waals surface area (Å²) in [5, 5.41) is 6.78. The second-order valence-corrected chi connectivity index (χ2v) is 6.44. The lowest BCUT2D eigenvalue weighted by atomic mass is 10.2. The number of halogens is 1. The molecule has 126 valence electrons. The minimum absolute atomic E-state index is 0.0790. The Morgan fingerprint density at radius 1 is 1.20 bits per heavy atom. The molecule has 1 aliphatic heterocycles. The minimum Gasteiger partial charge on any atom is -0.471 e. The standard InChI is InChI=1S/C17H14BrN5O2/c18-12-4-5-13(21-17(12)25-11-8-19-9-11)16(24)23-14-6-3-10-2-1-7-20-15(10)22-14/h1-7,11,19H,8-9H2,(H,20,22,23,24). The van der Waals surface area contributed by atoms with Crippen LogP contribution in [0.4, 0.5) is 5.82 Å². The summed E-state index contributed by atoms with van der Waals surface area (Å²) in [6, 6.07) is 10.7. The van der Waals surface area contributed by atoms with Crippen molar-refractivity contribution in [3.63, 3.8) is 0 Å². The van der Waals surface area contributed by atoms with E-state index in [1.54, 1.807) is 24.4 Å². The summed E-state index contributed by atoms with van der Waals surface area (Å²) in [6.45, 7) is 1.55. The van der Waals surface area contributed by atoms with Crippen LogP contribution in [0.2, 0.25) is 0 Å². The molecule has 0 radical (unpaired) electrons. The highest BCUT2D eigenvalue weighted by Gasteiger charge is 2.21. The zero-order chi connectivity index (χ0) is 17.2. The van der Waals surface area contributed by atoms with Crippen molar-refractivity contribution in [2.45, 2.75) is 6.10 Å². The quantitative estimate of drug-likeness (QED) is 0.699. The van der Waals surface area contributed by atoms with Crippen molar-refractivity contribution < 1.29 is 9.53 Å². The maximum atomic E-state index is 12.5. The molecule has 1 aliphatic rings. The van der Waals surface area contributed by atoms with E-state index in [0.717, 1.165) is 18.5 Å². The van der Waals surface area contributed by atoms with Crippen molar-refractivity contribution in [2.24, 2.45) is 0 Å². The van der Waals surface area contributed by atoms with Crippen LogP contribution in [0.1, 0.15) is 10.5 Å². The lowest BCUT2D eigenvalue weighted by Gasteiger charge is -2.27. The lowest BCUT2D eigenvalue weighted by molar-refractivity contribution is 0.101. The van der Waals surface area contributed by atoms with Gasteiger partial charge in [-0.05, 0) is 52.3 Å². The van der Waals surface area contributed by atoms with E-state index in [4.69, 9.17) is 4.74 Å². The van der Waals surface area contributed by atoms with Crippen LogP contribution >= 0.6 is 15.9 Å². The van der Waals surface area contributed by atoms with E-state index in [0.29, 0.717) is 21.8 Å². The number of ether oxygens (including phenoxy) is 1. The predicted molar refractivity (Wildman–Crippen MR) is 96.7 cm³/mol. The second kappa shape index (κ2) is 6.73. The third kappa shape index (κ3) is 3.45. The van der Waals surface area contributed by atoms with Crippen LogP contribution in [-0.2, 0) is 0 Å². The number of carbonyl (C=O) groups excluding carboxylic acids is 1. The molecule has 4 heterocycles. The van der Waals surface area contributed by atoms with Crippen LogP contribution in [-0.4, -0.2) is 40.1 Å². The van der Waals surface area contributed by atoms with Gasteiger partial charge in [0.2, 0.25) is 5.88 Å². The van der Waals surface area contributed by atoms with Crippen LogP contribution in [0.15, 0.2) is 47.1 Å². The van der Waals surface area contributed by atoms with Crippen molar-refractivity contribution >= 4 is 38.7 Å². The molecule has 1 fully saturated rings. The monoisotopic (exact) mass is 399 g/mol. The average molecular weight is 400 g/mol. The van der Waals surface area contributed by atoms with E-state index < -0.39 is 0 Å². The maximum absolute atomic E-state index is 12.5. The fourth-order valence-corrected chi connectivity index (χ4v) is 2.65. The van der Waals surface area contributed by atoms with E-state index in [1.807, 2.05) is 18.2 Å². The Morgan fingerprint density at radius 2 is 2.08 bits per heavy atom. The van der Waals surface area contributed by atoms with Gasteiger partial charge in [0, 0.05) is 24.7 Å². The van der Waals surface area contributed by atoms with Crippen LogP contribution < -0.4 is 15.4 Å². The minimum atomic E-state index is -0.355. The third-order valence-corrected chi connectivity index (χ3v) is 4.38. The molecule has 1 saturated heterocycles. The van der Waals surface area contributed by atoms with Gasteiger partial charge in [0.1, 0.15) is 17.6 Å². The van der Waals surface area contributed by atoms with E-state index in [9.17, 15) is 4.79 Å². The van der Waals surface area contributed by atoms with Gasteiger partial charge in [0.15, 0.2) is 5.65 Å². The first-order valence-electron chi connectivity index (χ1n) is 7.76. The number of hydrogen-bond acceptors (Lipinski definition) is 6. The second-order valence-electron chi connectivity index (χ2n) is 5.58. The van der Waals surface area contributed by atoms with Gasteiger partial charge in [0.25, 0.3) is 5.91 Å². The lowest BCUT2D eigenvalue weighted by Crippen LogP contribution is -2.50. The van der Waals surface area contributed by atoms with Crippen LogP contribution in [0.25, 0.3) is 11.0 Å². The first-order valence-corrected chi connectivity index (χ1v) is 8.55. The summed E-state index contributed by atoms with van der Waals surface area (Å²) in [7, 11) is 0. The number of pyridine rings is 3. The molecule has 8 heteroatoms. The zero-order valence-corrected chi connectivity index (χ0v) is 14.7. The Hall–Kier alpha value is -2.58. The normalized spacial score (nSPS) is 14.1. The van der Waals surface area contributed by atoms with Crippen molar-refractivity contribution in [1.29, 1.82) is 0 Å². The smallest absolute Gasteiger partial charge is 0.275 e. The van der Waals surface area contributed by atoms with E-state index in [1.165, 1.54) is 0 Å². The Labute approximate surface area is 152 Å². The molecular formula is C17H14BrN5O2. The predicted octanol–water partition coefficient (Wildman–Crippen LogP) is 2.39. The molecule has 2 N–H and O–H groups in total. The molecule has 25 heavy (non-hydrogen) atoms. The van der Waals surface area contributed by atoms with Gasteiger partial charge in [0.05, 0.1) is 4.47 Å². The molecule has 0 unspecified atom stereocenters. The summed E-state index contributed by atoms with van der Waals surface area (Å²) < 4.78 is 6.47. The summed E-state index contributed by atoms with van der Waals surface area (Å²) in [4.78, 5) is 25.3. The van der Waals surface area contributed by atoms with Gasteiger partial charge < -0.3 is 15.4 Å². The third-order valence-electron chi connectivity index (χ3n) is 3.77. The van der Waals surface area contributed by atoms with Gasteiger partial charge in [-0.15, -0.1) is 0 Å². The molecular weight excluding hydrogens is 386 g/mol. The fraction of sp³-hybridized carbons (Fsp3) is 0.176. The molecule has 0 spiro atoms. The molecule has 0 aromatic carbocycles. The Morgan fingerprint density at radius 3 is 2.88 bits per heavy atom. The molecule has 3 aromatic rings. The summed E-state index contributed by atoms with van der Waals surface area (Å²) in [5.74, 6) is 0.478. The number of amides is 1. The largest absolute Gasteiger partial charge is 0.471 e. The fourth-order valence-electron chi connectivity index (χ4n) is 2.34. The van der Waals surface area contributed by atoms with E-state index in [-0.39, 0.29) is 17.7 Å². The van der Waals surface area contributed by atoms with Crippen molar-refractivity contribution in [3.8, 4) is 5.88 Å². The van der Waals surface area contributed by atoms with Gasteiger partial charge in [-0.2, -0.15) is 0 Å². The van der Waals surface area contributed by atoms with Gasteiger partial charge in [-0.1, -0.05) is 0 Å². The molecule has 7 nitrogen and oxygen atoms in total. The molecule has 0 atom stereocenters. The molecule has 3 aromatic heterocycles. The topological polar surface area (TPSA) is 89.0 Å². The Bertz CT molecular complexity index is 945. The average Bonchev–Trinajstić information content (AvgIpc) is 2.59. The summed E-state index contributed by atoms with van der Waals surface area (Å²) >= 11 is 3.40. The highest BCUT2D eigenvalue weighted by molar-refractivity contribution is 9.10. The van der Waals surface area contributed by atoms with Gasteiger partial charge in [-0.25, -0.2) is 15.0 Å². The molecule has 4 rings (SSSR count). The first-order chi connectivity index (χ1) is 12.2. The van der Waals surface area contributed by atoms with Crippen LogP contribution in [0, 0.1) is 0 Å². The first kappa shape index (κ1) is 15.9. The number of hydrogen-bond donors (Lipinski definition) is 2. The van der Waals surface area contributed by atoms with E-state index in [2.05, 4.69) is 41.5 Å².